The Hall–Kier alpha value is -0.970. The summed E-state index contributed by atoms with van der Waals surface area (Å²) >= 11 is 0. The molecule has 7 heavy (non-hydrogen) atoms. The maximum absolute atomic E-state index is 9.99. The Morgan fingerprint density at radius 3 is 2.71 bits per heavy atom. The van der Waals surface area contributed by atoms with Crippen molar-refractivity contribution in [3.8, 4) is 0 Å². The number of hydrogen-bond acceptors (Lipinski definition) is 3. The summed E-state index contributed by atoms with van der Waals surface area (Å²) in [6.07, 6.45) is 0. The third kappa shape index (κ3) is 0.459. The van der Waals surface area contributed by atoms with E-state index in [1.54, 1.807) is 0 Å². The molecule has 2 N–H and O–H groups in total. The largest absolute Gasteiger partial charge is 0.389 e. The molecule has 1 aromatic heterocycles. The zero-order valence-electron chi connectivity index (χ0n) is 3.42. The van der Waals surface area contributed by atoms with E-state index in [1.165, 1.54) is 0 Å². The highest BCUT2D eigenvalue weighted by Crippen LogP contribution is 1.68. The molecule has 40 valence electrons. The summed E-state index contributed by atoms with van der Waals surface area (Å²) in [6, 6.07) is 0. The first-order valence-electron chi connectivity index (χ1n) is 1.70. The molecule has 1 aromatic rings. The van der Waals surface area contributed by atoms with Gasteiger partial charge in [0.25, 0.3) is 0 Å². The van der Waals surface area contributed by atoms with Gasteiger partial charge in [0.15, 0.2) is 6.73 Å². The minimum Gasteiger partial charge on any atom is -0.373 e. The molecular formula is C2H4N2O3. The van der Waals surface area contributed by atoms with Crippen molar-refractivity contribution in [1.29, 1.82) is 0 Å². The molecule has 5 heteroatoms. The van der Waals surface area contributed by atoms with Crippen molar-refractivity contribution < 1.29 is 9.74 Å². The van der Waals surface area contributed by atoms with Crippen molar-refractivity contribution in [3.63, 3.8) is 0 Å². The molecule has 5 nitrogen and oxygen atoms in total. The Balaban J connectivity index is 2.86. The lowest BCUT2D eigenvalue weighted by Gasteiger charge is -1.96. The summed E-state index contributed by atoms with van der Waals surface area (Å²) < 4.78 is 4.95. The third-order valence-corrected chi connectivity index (χ3v) is 0.598. The summed E-state index contributed by atoms with van der Waals surface area (Å²) in [6.45, 7) is -0.397. The van der Waals surface area contributed by atoms with Gasteiger partial charge in [-0.05, 0) is 0 Å². The first-order valence-corrected chi connectivity index (χ1v) is 1.70. The SMILES string of the molecule is O=c1[nH]on1CO. The summed E-state index contributed by atoms with van der Waals surface area (Å²) in [5.74, 6) is 0. The first kappa shape index (κ1) is 4.20. The van der Waals surface area contributed by atoms with Crippen LogP contribution in [0.25, 0.3) is 0 Å². The van der Waals surface area contributed by atoms with Crippen LogP contribution in [-0.4, -0.2) is 15.0 Å². The van der Waals surface area contributed by atoms with E-state index < -0.39 is 12.4 Å². The van der Waals surface area contributed by atoms with Gasteiger partial charge in [-0.1, -0.05) is 0 Å². The molecule has 0 aromatic carbocycles. The number of hydrogen-bond donors (Lipinski definition) is 2. The predicted octanol–water partition coefficient (Wildman–Crippen LogP) is -1.28. The fourth-order valence-electron chi connectivity index (χ4n) is 0.241. The average molecular weight is 104 g/mol. The molecule has 0 saturated carbocycles. The number of aliphatic hydroxyl groups is 1. The van der Waals surface area contributed by atoms with Crippen molar-refractivity contribution in [3.05, 3.63) is 10.5 Å². The molecule has 0 aliphatic heterocycles. The number of aromatic nitrogens is 2. The lowest BCUT2D eigenvalue weighted by molar-refractivity contribution is 0.0127. The highest BCUT2D eigenvalue weighted by Gasteiger charge is 1.94. The Kier molecular flexibility index (Phi) is 0.759. The molecule has 1 heterocycles. The van der Waals surface area contributed by atoms with E-state index in [0.29, 0.717) is 0 Å². The molecule has 0 unspecified atom stereocenters. The number of aromatic amines is 1. The highest BCUT2D eigenvalue weighted by molar-refractivity contribution is 4.43. The van der Waals surface area contributed by atoms with Crippen molar-refractivity contribution in [1.82, 2.24) is 9.90 Å². The van der Waals surface area contributed by atoms with Gasteiger partial charge in [0, 0.05) is 0 Å². The van der Waals surface area contributed by atoms with Crippen LogP contribution < -0.4 is 5.69 Å². The van der Waals surface area contributed by atoms with Gasteiger partial charge in [-0.2, -0.15) is 0 Å². The summed E-state index contributed by atoms with van der Waals surface area (Å²) in [4.78, 5) is 9.99. The second-order valence-corrected chi connectivity index (χ2v) is 1.02. The van der Waals surface area contributed by atoms with Crippen molar-refractivity contribution in [2.45, 2.75) is 6.73 Å². The number of nitrogens with one attached hydrogen (secondary N) is 1. The lowest BCUT2D eigenvalue weighted by Crippen LogP contribution is -2.28. The summed E-state index contributed by atoms with van der Waals surface area (Å²) in [5, 5.41) is 10.0. The topological polar surface area (TPSA) is 71.2 Å². The van der Waals surface area contributed by atoms with Gasteiger partial charge < -0.3 is 5.11 Å². The molecule has 0 fully saturated rings. The Morgan fingerprint density at radius 1 is 2.00 bits per heavy atom. The van der Waals surface area contributed by atoms with E-state index in [1.807, 2.05) is 5.16 Å². The number of nitrogens with zero attached hydrogens (tertiary/aromatic N) is 1. The predicted molar refractivity (Wildman–Crippen MR) is 19.5 cm³/mol. The van der Waals surface area contributed by atoms with Crippen molar-refractivity contribution in [2.24, 2.45) is 0 Å². The van der Waals surface area contributed by atoms with Crippen LogP contribution in [0.1, 0.15) is 0 Å². The first-order chi connectivity index (χ1) is 3.34. The van der Waals surface area contributed by atoms with Gasteiger partial charge in [0.2, 0.25) is 0 Å². The zero-order chi connectivity index (χ0) is 5.28. The van der Waals surface area contributed by atoms with Gasteiger partial charge in [-0.25, -0.2) is 4.79 Å². The fourth-order valence-corrected chi connectivity index (χ4v) is 0.241. The van der Waals surface area contributed by atoms with E-state index in [0.717, 1.165) is 4.74 Å². The maximum Gasteiger partial charge on any atom is 0.389 e. The summed E-state index contributed by atoms with van der Waals surface area (Å²) in [5.41, 5.74) is -0.414. The Bertz CT molecular complexity index is 182. The minimum absolute atomic E-state index is 0.397. The second kappa shape index (κ2) is 1.27. The zero-order valence-corrected chi connectivity index (χ0v) is 3.42. The fraction of sp³-hybridized carbons (Fsp3) is 0.500. The van der Waals surface area contributed by atoms with E-state index in [2.05, 4.69) is 4.63 Å². The molecule has 0 aliphatic carbocycles. The van der Waals surface area contributed by atoms with Crippen LogP contribution in [0.2, 0.25) is 0 Å². The van der Waals surface area contributed by atoms with Gasteiger partial charge in [0.1, 0.15) is 0 Å². The normalized spacial score (nSPS) is 9.86. The molecule has 0 atom stereocenters. The van der Waals surface area contributed by atoms with Gasteiger partial charge >= 0.3 is 5.69 Å². The average Bonchev–Trinajstić information content (AvgIpc) is 1.65. The maximum atomic E-state index is 9.99. The molecule has 0 radical (unpaired) electrons. The monoisotopic (exact) mass is 104 g/mol. The summed E-state index contributed by atoms with van der Waals surface area (Å²) in [7, 11) is 0. The van der Waals surface area contributed by atoms with Crippen molar-refractivity contribution in [2.75, 3.05) is 0 Å². The van der Waals surface area contributed by atoms with Gasteiger partial charge in [-0.15, -0.1) is 9.90 Å². The number of rotatable bonds is 1. The van der Waals surface area contributed by atoms with Gasteiger partial charge in [-0.3, -0.25) is 4.63 Å². The minimum atomic E-state index is -0.414. The van der Waals surface area contributed by atoms with Crippen LogP contribution in [0.4, 0.5) is 0 Å². The smallest absolute Gasteiger partial charge is 0.373 e. The third-order valence-electron chi connectivity index (χ3n) is 0.598. The molecule has 0 aliphatic rings. The molecular weight excluding hydrogens is 100 g/mol. The Morgan fingerprint density at radius 2 is 2.71 bits per heavy atom. The number of aliphatic hydroxyl groups excluding tert-OH is 1. The highest BCUT2D eigenvalue weighted by atomic mass is 16.6. The van der Waals surface area contributed by atoms with Gasteiger partial charge in [0.05, 0.1) is 0 Å². The van der Waals surface area contributed by atoms with Crippen LogP contribution in [-0.2, 0) is 6.73 Å². The molecule has 0 spiro atoms. The molecule has 0 saturated heterocycles. The molecule has 1 rings (SSSR count). The van der Waals surface area contributed by atoms with Crippen LogP contribution >= 0.6 is 0 Å². The van der Waals surface area contributed by atoms with Crippen LogP contribution in [0.5, 0.6) is 0 Å². The molecule has 0 bridgehead atoms. The second-order valence-electron chi connectivity index (χ2n) is 1.02. The number of H-pyrrole nitrogens is 1. The van der Waals surface area contributed by atoms with E-state index in [9.17, 15) is 4.79 Å². The molecule has 0 amide bonds. The standard InChI is InChI=1S/C2H4N2O3/c5-1-4-2(6)3-7-4/h5H,1H2,(H,3,6). The van der Waals surface area contributed by atoms with E-state index in [-0.39, 0.29) is 0 Å². The van der Waals surface area contributed by atoms with Crippen LogP contribution in [0.3, 0.4) is 0 Å². The lowest BCUT2D eigenvalue weighted by atomic mass is 11.1. The Labute approximate surface area is 38.1 Å². The van der Waals surface area contributed by atoms with E-state index >= 15 is 0 Å². The van der Waals surface area contributed by atoms with Crippen LogP contribution in [0, 0.1) is 0 Å². The van der Waals surface area contributed by atoms with Crippen molar-refractivity contribution >= 4 is 0 Å². The van der Waals surface area contributed by atoms with E-state index in [4.69, 9.17) is 5.11 Å². The quantitative estimate of drug-likeness (QED) is 0.466. The van der Waals surface area contributed by atoms with Crippen LogP contribution in [0.15, 0.2) is 9.42 Å².